The van der Waals surface area contributed by atoms with Gasteiger partial charge in [0.05, 0.1) is 17.9 Å². The fourth-order valence-corrected chi connectivity index (χ4v) is 2.39. The molecule has 0 aliphatic heterocycles. The topological polar surface area (TPSA) is 37.8 Å². The van der Waals surface area contributed by atoms with Crippen LogP contribution in [0.25, 0.3) is 0 Å². The van der Waals surface area contributed by atoms with Gasteiger partial charge < -0.3 is 5.32 Å². The maximum atomic E-state index is 4.37. The number of anilines is 1. The zero-order chi connectivity index (χ0) is 15.4. The first-order valence-corrected chi connectivity index (χ1v) is 7.65. The van der Waals surface area contributed by atoms with E-state index in [1.807, 2.05) is 6.20 Å². The minimum atomic E-state index is 0.140. The summed E-state index contributed by atoms with van der Waals surface area (Å²) >= 11 is 0. The van der Waals surface area contributed by atoms with Crippen molar-refractivity contribution in [2.75, 3.05) is 5.32 Å². The molecular weight excluding hydrogens is 258 g/mol. The molecule has 2 rings (SSSR count). The Morgan fingerprint density at radius 2 is 1.71 bits per heavy atom. The van der Waals surface area contributed by atoms with Gasteiger partial charge in [-0.15, -0.1) is 0 Å². The lowest BCUT2D eigenvalue weighted by molar-refractivity contribution is 0.803. The molecule has 0 aliphatic rings. The van der Waals surface area contributed by atoms with Gasteiger partial charge in [0.2, 0.25) is 0 Å². The van der Waals surface area contributed by atoms with E-state index >= 15 is 0 Å². The predicted octanol–water partition coefficient (Wildman–Crippen LogP) is 4.90. The second-order valence-electron chi connectivity index (χ2n) is 6.15. The third-order valence-electron chi connectivity index (χ3n) is 3.76. The predicted molar refractivity (Wildman–Crippen MR) is 88.7 cm³/mol. The van der Waals surface area contributed by atoms with Crippen LogP contribution in [-0.2, 0) is 0 Å². The summed E-state index contributed by atoms with van der Waals surface area (Å²) in [6.07, 6.45) is 5.25. The summed E-state index contributed by atoms with van der Waals surface area (Å²) in [5, 5.41) is 3.57. The van der Waals surface area contributed by atoms with Crippen molar-refractivity contribution in [1.82, 2.24) is 9.97 Å². The summed E-state index contributed by atoms with van der Waals surface area (Å²) in [7, 11) is 0. The van der Waals surface area contributed by atoms with Crippen molar-refractivity contribution in [3.63, 3.8) is 0 Å². The molecule has 0 bridgehead atoms. The SMILES string of the molecule is CC(C)c1ccc(NC(C)c2cnccn2)c(C(C)C)c1. The van der Waals surface area contributed by atoms with Crippen LogP contribution in [0.3, 0.4) is 0 Å². The van der Waals surface area contributed by atoms with Gasteiger partial charge in [0.25, 0.3) is 0 Å². The maximum Gasteiger partial charge on any atom is 0.0806 e. The number of hydrogen-bond acceptors (Lipinski definition) is 3. The van der Waals surface area contributed by atoms with Gasteiger partial charge in [-0.25, -0.2) is 0 Å². The molecule has 1 heterocycles. The van der Waals surface area contributed by atoms with Crippen LogP contribution in [-0.4, -0.2) is 9.97 Å². The number of benzene rings is 1. The Hall–Kier alpha value is -1.90. The van der Waals surface area contributed by atoms with Crippen molar-refractivity contribution in [3.8, 4) is 0 Å². The summed E-state index contributed by atoms with van der Waals surface area (Å²) in [6, 6.07) is 6.86. The molecule has 0 amide bonds. The Morgan fingerprint density at radius 1 is 0.952 bits per heavy atom. The molecule has 112 valence electrons. The highest BCUT2D eigenvalue weighted by Gasteiger charge is 2.13. The number of nitrogens with one attached hydrogen (secondary N) is 1. The van der Waals surface area contributed by atoms with Crippen LogP contribution in [0.2, 0.25) is 0 Å². The van der Waals surface area contributed by atoms with Gasteiger partial charge in [-0.05, 0) is 36.0 Å². The normalized spacial score (nSPS) is 12.7. The highest BCUT2D eigenvalue weighted by molar-refractivity contribution is 5.55. The van der Waals surface area contributed by atoms with Crippen LogP contribution in [0.15, 0.2) is 36.8 Å². The maximum absolute atomic E-state index is 4.37. The summed E-state index contributed by atoms with van der Waals surface area (Å²) in [6.45, 7) is 11.0. The van der Waals surface area contributed by atoms with E-state index in [-0.39, 0.29) is 6.04 Å². The van der Waals surface area contributed by atoms with Crippen molar-refractivity contribution < 1.29 is 0 Å². The summed E-state index contributed by atoms with van der Waals surface area (Å²) in [5.41, 5.74) is 4.89. The van der Waals surface area contributed by atoms with Crippen molar-refractivity contribution in [2.24, 2.45) is 0 Å². The van der Waals surface area contributed by atoms with E-state index in [9.17, 15) is 0 Å². The van der Waals surface area contributed by atoms with E-state index in [0.29, 0.717) is 11.8 Å². The first-order chi connectivity index (χ1) is 9.99. The van der Waals surface area contributed by atoms with Crippen LogP contribution in [0.5, 0.6) is 0 Å². The molecule has 1 unspecified atom stereocenters. The fourth-order valence-electron chi connectivity index (χ4n) is 2.39. The zero-order valence-electron chi connectivity index (χ0n) is 13.6. The van der Waals surface area contributed by atoms with Crippen LogP contribution >= 0.6 is 0 Å². The van der Waals surface area contributed by atoms with Crippen LogP contribution in [0.1, 0.15) is 69.3 Å². The van der Waals surface area contributed by atoms with Gasteiger partial charge in [0.15, 0.2) is 0 Å². The number of rotatable bonds is 5. The van der Waals surface area contributed by atoms with Gasteiger partial charge >= 0.3 is 0 Å². The van der Waals surface area contributed by atoms with Crippen LogP contribution in [0, 0.1) is 0 Å². The molecule has 0 spiro atoms. The molecule has 3 nitrogen and oxygen atoms in total. The minimum Gasteiger partial charge on any atom is -0.377 e. The smallest absolute Gasteiger partial charge is 0.0806 e. The highest BCUT2D eigenvalue weighted by atomic mass is 14.9. The van der Waals surface area contributed by atoms with E-state index in [0.717, 1.165) is 5.69 Å². The lowest BCUT2D eigenvalue weighted by Gasteiger charge is -2.21. The Bertz CT molecular complexity index is 576. The van der Waals surface area contributed by atoms with Gasteiger partial charge in [0.1, 0.15) is 0 Å². The molecule has 3 heteroatoms. The molecule has 1 aromatic heterocycles. The van der Waals surface area contributed by atoms with Crippen LogP contribution < -0.4 is 5.32 Å². The van der Waals surface area contributed by atoms with E-state index in [2.05, 4.69) is 68.1 Å². The third kappa shape index (κ3) is 3.81. The van der Waals surface area contributed by atoms with E-state index in [1.165, 1.54) is 16.8 Å². The number of nitrogens with zero attached hydrogens (tertiary/aromatic N) is 2. The molecule has 0 saturated carbocycles. The van der Waals surface area contributed by atoms with E-state index in [4.69, 9.17) is 0 Å². The summed E-state index contributed by atoms with van der Waals surface area (Å²) < 4.78 is 0. The Morgan fingerprint density at radius 3 is 2.29 bits per heavy atom. The third-order valence-corrected chi connectivity index (χ3v) is 3.76. The van der Waals surface area contributed by atoms with Crippen molar-refractivity contribution in [2.45, 2.75) is 52.5 Å². The molecule has 0 fully saturated rings. The molecule has 1 aromatic carbocycles. The quantitative estimate of drug-likeness (QED) is 0.848. The van der Waals surface area contributed by atoms with Crippen molar-refractivity contribution in [3.05, 3.63) is 53.6 Å². The molecule has 1 atom stereocenters. The first kappa shape index (κ1) is 15.5. The standard InChI is InChI=1S/C18H25N3/c1-12(2)15-6-7-17(16(10-15)13(3)4)21-14(5)18-11-19-8-9-20-18/h6-14,21H,1-5H3. The molecule has 21 heavy (non-hydrogen) atoms. The summed E-state index contributed by atoms with van der Waals surface area (Å²) in [4.78, 5) is 8.51. The average Bonchev–Trinajstić information content (AvgIpc) is 2.48. The van der Waals surface area contributed by atoms with E-state index < -0.39 is 0 Å². The Balaban J connectivity index is 2.27. The van der Waals surface area contributed by atoms with Crippen molar-refractivity contribution >= 4 is 5.69 Å². The lowest BCUT2D eigenvalue weighted by atomic mass is 9.94. The largest absolute Gasteiger partial charge is 0.377 e. The second kappa shape index (κ2) is 6.70. The summed E-state index contributed by atoms with van der Waals surface area (Å²) in [5.74, 6) is 1.04. The van der Waals surface area contributed by atoms with Gasteiger partial charge in [-0.3, -0.25) is 9.97 Å². The monoisotopic (exact) mass is 283 g/mol. The molecule has 0 saturated heterocycles. The molecule has 1 N–H and O–H groups in total. The first-order valence-electron chi connectivity index (χ1n) is 7.65. The van der Waals surface area contributed by atoms with Gasteiger partial charge in [-0.2, -0.15) is 0 Å². The number of aromatic nitrogens is 2. The number of hydrogen-bond donors (Lipinski definition) is 1. The highest BCUT2D eigenvalue weighted by Crippen LogP contribution is 2.30. The molecular formula is C18H25N3. The van der Waals surface area contributed by atoms with Gasteiger partial charge in [0, 0.05) is 18.1 Å². The lowest BCUT2D eigenvalue weighted by Crippen LogP contribution is -2.11. The Labute approximate surface area is 127 Å². The molecule has 2 aromatic rings. The van der Waals surface area contributed by atoms with E-state index in [1.54, 1.807) is 12.4 Å². The van der Waals surface area contributed by atoms with Crippen molar-refractivity contribution in [1.29, 1.82) is 0 Å². The van der Waals surface area contributed by atoms with Gasteiger partial charge in [-0.1, -0.05) is 39.8 Å². The second-order valence-corrected chi connectivity index (χ2v) is 6.15. The Kier molecular flexibility index (Phi) is 4.94. The average molecular weight is 283 g/mol. The minimum absolute atomic E-state index is 0.140. The molecule has 0 aliphatic carbocycles. The fraction of sp³-hybridized carbons (Fsp3) is 0.444. The van der Waals surface area contributed by atoms with Crippen LogP contribution in [0.4, 0.5) is 5.69 Å². The zero-order valence-corrected chi connectivity index (χ0v) is 13.6. The molecule has 0 radical (unpaired) electrons.